The number of piperazine rings is 1. The molecule has 0 spiro atoms. The number of likely N-dealkylation sites (N-methyl/N-ethyl adjacent to an activating group) is 1. The average Bonchev–Trinajstić information content (AvgIpc) is 2.86. The highest BCUT2D eigenvalue weighted by Gasteiger charge is 2.22. The van der Waals surface area contributed by atoms with Crippen molar-refractivity contribution in [1.29, 1.82) is 0 Å². The summed E-state index contributed by atoms with van der Waals surface area (Å²) in [6, 6.07) is 0. The van der Waals surface area contributed by atoms with Crippen LogP contribution in [0.15, 0.2) is 6.08 Å². The lowest BCUT2D eigenvalue weighted by Gasteiger charge is -2.34. The Bertz CT molecular complexity index is 673. The van der Waals surface area contributed by atoms with Gasteiger partial charge in [-0.2, -0.15) is 5.10 Å². The molecule has 0 bridgehead atoms. The molecule has 26 heavy (non-hydrogen) atoms. The first-order valence-electron chi connectivity index (χ1n) is 9.03. The Morgan fingerprint density at radius 1 is 1.19 bits per heavy atom. The minimum atomic E-state index is -0.0426. The van der Waals surface area contributed by atoms with Crippen LogP contribution in [0.25, 0.3) is 6.08 Å². The normalized spacial score (nSPS) is 15.7. The van der Waals surface area contributed by atoms with Crippen molar-refractivity contribution in [3.63, 3.8) is 0 Å². The van der Waals surface area contributed by atoms with Gasteiger partial charge in [0.05, 0.1) is 12.2 Å². The maximum atomic E-state index is 12.4. The van der Waals surface area contributed by atoms with Gasteiger partial charge in [-0.15, -0.1) is 0 Å². The molecule has 1 saturated heterocycles. The summed E-state index contributed by atoms with van der Waals surface area (Å²) >= 11 is 6.18. The van der Waals surface area contributed by atoms with E-state index in [1.54, 1.807) is 28.8 Å². The van der Waals surface area contributed by atoms with Crippen LogP contribution in [0.3, 0.4) is 0 Å². The summed E-state index contributed by atoms with van der Waals surface area (Å²) < 4.78 is 1.59. The van der Waals surface area contributed by atoms with E-state index < -0.39 is 0 Å². The van der Waals surface area contributed by atoms with E-state index in [1.807, 2.05) is 25.7 Å². The first-order valence-corrected chi connectivity index (χ1v) is 9.41. The second kappa shape index (κ2) is 9.19. The van der Waals surface area contributed by atoms with Crippen molar-refractivity contribution in [2.24, 2.45) is 7.05 Å². The molecule has 0 unspecified atom stereocenters. The van der Waals surface area contributed by atoms with Crippen molar-refractivity contribution in [2.75, 3.05) is 45.8 Å². The average molecular weight is 382 g/mol. The monoisotopic (exact) mass is 381 g/mol. The molecule has 144 valence electrons. The largest absolute Gasteiger partial charge is 0.342 e. The lowest BCUT2D eigenvalue weighted by molar-refractivity contribution is -0.133. The van der Waals surface area contributed by atoms with Gasteiger partial charge in [-0.25, -0.2) is 0 Å². The van der Waals surface area contributed by atoms with Crippen molar-refractivity contribution in [1.82, 2.24) is 24.5 Å². The third-order valence-electron chi connectivity index (χ3n) is 4.75. The van der Waals surface area contributed by atoms with Gasteiger partial charge in [0.15, 0.2) is 0 Å². The molecule has 0 radical (unpaired) electrons. The zero-order chi connectivity index (χ0) is 19.3. The van der Waals surface area contributed by atoms with Crippen LogP contribution < -0.4 is 0 Å². The first kappa shape index (κ1) is 20.5. The van der Waals surface area contributed by atoms with Gasteiger partial charge in [-0.05, 0) is 26.8 Å². The maximum Gasteiger partial charge on any atom is 0.246 e. The lowest BCUT2D eigenvalue weighted by Crippen LogP contribution is -2.51. The van der Waals surface area contributed by atoms with Gasteiger partial charge in [0.25, 0.3) is 0 Å². The van der Waals surface area contributed by atoms with Crippen molar-refractivity contribution in [2.45, 2.75) is 20.8 Å². The van der Waals surface area contributed by atoms with Crippen LogP contribution in [0, 0.1) is 6.92 Å². The first-order chi connectivity index (χ1) is 12.4. The minimum absolute atomic E-state index is 0.0426. The molecule has 0 aromatic carbocycles. The third-order valence-corrected chi connectivity index (χ3v) is 5.20. The SMILES string of the molecule is CCN(CC)C(=O)CN1CCN(C(=O)/C=C/c2c(C)nn(C)c2Cl)CC1. The van der Waals surface area contributed by atoms with E-state index >= 15 is 0 Å². The topological polar surface area (TPSA) is 61.7 Å². The quantitative estimate of drug-likeness (QED) is 0.699. The summed E-state index contributed by atoms with van der Waals surface area (Å²) in [5.74, 6) is 0.107. The van der Waals surface area contributed by atoms with Gasteiger partial charge < -0.3 is 9.80 Å². The maximum absolute atomic E-state index is 12.4. The van der Waals surface area contributed by atoms with Crippen LogP contribution in [-0.2, 0) is 16.6 Å². The molecule has 0 atom stereocenters. The molecule has 1 aromatic rings. The molecule has 0 aliphatic carbocycles. The van der Waals surface area contributed by atoms with Crippen molar-refractivity contribution < 1.29 is 9.59 Å². The Kier molecular flexibility index (Phi) is 7.23. The Hall–Kier alpha value is -1.86. The van der Waals surface area contributed by atoms with E-state index in [0.29, 0.717) is 37.9 Å². The van der Waals surface area contributed by atoms with E-state index in [-0.39, 0.29) is 11.8 Å². The Morgan fingerprint density at radius 3 is 2.31 bits per heavy atom. The van der Waals surface area contributed by atoms with Crippen LogP contribution in [0.1, 0.15) is 25.1 Å². The summed E-state index contributed by atoms with van der Waals surface area (Å²) in [6.07, 6.45) is 3.27. The second-order valence-electron chi connectivity index (χ2n) is 6.41. The number of nitrogens with zero attached hydrogens (tertiary/aromatic N) is 5. The highest BCUT2D eigenvalue weighted by molar-refractivity contribution is 6.31. The van der Waals surface area contributed by atoms with Crippen LogP contribution in [-0.4, -0.2) is 82.1 Å². The molecule has 1 aliphatic heterocycles. The fourth-order valence-corrected chi connectivity index (χ4v) is 3.33. The number of hydrogen-bond donors (Lipinski definition) is 0. The number of aryl methyl sites for hydroxylation is 2. The molecule has 7 nitrogen and oxygen atoms in total. The minimum Gasteiger partial charge on any atom is -0.342 e. The zero-order valence-electron chi connectivity index (χ0n) is 16.0. The molecular weight excluding hydrogens is 354 g/mol. The van der Waals surface area contributed by atoms with Gasteiger partial charge in [0, 0.05) is 58.0 Å². The molecule has 1 aromatic heterocycles. The van der Waals surface area contributed by atoms with Gasteiger partial charge in [-0.3, -0.25) is 19.2 Å². The van der Waals surface area contributed by atoms with Crippen molar-refractivity contribution in [3.05, 3.63) is 22.5 Å². The van der Waals surface area contributed by atoms with Gasteiger partial charge in [0.2, 0.25) is 11.8 Å². The second-order valence-corrected chi connectivity index (χ2v) is 6.77. The Labute approximate surface area is 160 Å². The molecule has 2 rings (SSSR count). The van der Waals surface area contributed by atoms with Gasteiger partial charge in [-0.1, -0.05) is 11.6 Å². The van der Waals surface area contributed by atoms with Crippen LogP contribution in [0.2, 0.25) is 5.15 Å². The van der Waals surface area contributed by atoms with E-state index in [4.69, 9.17) is 11.6 Å². The smallest absolute Gasteiger partial charge is 0.246 e. The fraction of sp³-hybridized carbons (Fsp3) is 0.611. The summed E-state index contributed by atoms with van der Waals surface area (Å²) in [7, 11) is 1.77. The third kappa shape index (κ3) is 4.86. The van der Waals surface area contributed by atoms with Crippen LogP contribution in [0.4, 0.5) is 0 Å². The lowest BCUT2D eigenvalue weighted by atomic mass is 10.2. The number of carbonyl (C=O) groups is 2. The molecule has 1 aliphatic rings. The molecule has 2 heterocycles. The number of aromatic nitrogens is 2. The summed E-state index contributed by atoms with van der Waals surface area (Å²) in [6.45, 7) is 10.4. The summed E-state index contributed by atoms with van der Waals surface area (Å²) in [4.78, 5) is 30.3. The predicted molar refractivity (Wildman–Crippen MR) is 103 cm³/mol. The molecular formula is C18H28ClN5O2. The molecule has 0 N–H and O–H groups in total. The predicted octanol–water partition coefficient (Wildman–Crippen LogP) is 1.41. The molecule has 0 saturated carbocycles. The zero-order valence-corrected chi connectivity index (χ0v) is 16.8. The Balaban J connectivity index is 1.86. The number of hydrogen-bond acceptors (Lipinski definition) is 4. The summed E-state index contributed by atoms with van der Waals surface area (Å²) in [5.41, 5.74) is 1.56. The van der Waals surface area contributed by atoms with Crippen molar-refractivity contribution >= 4 is 29.5 Å². The summed E-state index contributed by atoms with van der Waals surface area (Å²) in [5, 5.41) is 4.75. The number of amides is 2. The van der Waals surface area contributed by atoms with Gasteiger partial charge >= 0.3 is 0 Å². The molecule has 1 fully saturated rings. The van der Waals surface area contributed by atoms with E-state index in [0.717, 1.165) is 24.3 Å². The van der Waals surface area contributed by atoms with Crippen molar-refractivity contribution in [3.8, 4) is 0 Å². The molecule has 8 heteroatoms. The van der Waals surface area contributed by atoms with E-state index in [2.05, 4.69) is 10.00 Å². The van der Waals surface area contributed by atoms with E-state index in [1.165, 1.54) is 0 Å². The Morgan fingerprint density at radius 2 is 1.81 bits per heavy atom. The van der Waals surface area contributed by atoms with E-state index in [9.17, 15) is 9.59 Å². The van der Waals surface area contributed by atoms with Crippen LogP contribution >= 0.6 is 11.6 Å². The highest BCUT2D eigenvalue weighted by Crippen LogP contribution is 2.20. The van der Waals surface area contributed by atoms with Gasteiger partial charge in [0.1, 0.15) is 5.15 Å². The standard InChI is InChI=1S/C18H28ClN5O2/c1-5-23(6-2)17(26)13-22-9-11-24(12-10-22)16(25)8-7-15-14(3)20-21(4)18(15)19/h7-8H,5-6,9-13H2,1-4H3/b8-7+. The molecule has 2 amide bonds. The number of rotatable bonds is 6. The van der Waals surface area contributed by atoms with Crippen LogP contribution in [0.5, 0.6) is 0 Å². The number of carbonyl (C=O) groups excluding carboxylic acids is 2. The number of halogens is 1. The fourth-order valence-electron chi connectivity index (χ4n) is 3.09. The highest BCUT2D eigenvalue weighted by atomic mass is 35.5.